The molecule has 15 heavy (non-hydrogen) atoms. The molecule has 0 spiro atoms. The van der Waals surface area contributed by atoms with Gasteiger partial charge in [-0.05, 0) is 46.0 Å². The van der Waals surface area contributed by atoms with Crippen LogP contribution in [0, 0.1) is 0 Å². The molecule has 86 valence electrons. The van der Waals surface area contributed by atoms with Crippen molar-refractivity contribution in [2.45, 2.75) is 64.0 Å². The van der Waals surface area contributed by atoms with Gasteiger partial charge in [0.2, 0.25) is 0 Å². The Hall–Kier alpha value is -0.180. The monoisotopic (exact) mass is 226 g/mol. The van der Waals surface area contributed by atoms with E-state index in [-0.39, 0.29) is 5.54 Å². The maximum absolute atomic E-state index is 4.96. The molecule has 1 N–H and O–H groups in total. The molecule has 0 bridgehead atoms. The van der Waals surface area contributed by atoms with Crippen molar-refractivity contribution >= 4 is 16.9 Å². The third-order valence-electron chi connectivity index (χ3n) is 3.69. The van der Waals surface area contributed by atoms with E-state index in [0.29, 0.717) is 5.54 Å². The Morgan fingerprint density at radius 3 is 2.53 bits per heavy atom. The molecular weight excluding hydrogens is 204 g/mol. The number of hydrogen-bond donors (Lipinski definition) is 1. The van der Waals surface area contributed by atoms with Crippen LogP contribution in [0.1, 0.15) is 52.9 Å². The lowest BCUT2D eigenvalue weighted by Crippen LogP contribution is -2.48. The number of rotatable bonds is 2. The average Bonchev–Trinajstić information content (AvgIpc) is 2.10. The van der Waals surface area contributed by atoms with Crippen LogP contribution in [0.3, 0.4) is 0 Å². The fraction of sp³-hybridized carbons (Fsp3) is 0.917. The van der Waals surface area contributed by atoms with Gasteiger partial charge in [0, 0.05) is 11.3 Å². The van der Waals surface area contributed by atoms with E-state index < -0.39 is 0 Å². The molecule has 2 fully saturated rings. The van der Waals surface area contributed by atoms with Gasteiger partial charge >= 0.3 is 0 Å². The molecular formula is C12H22N2S. The van der Waals surface area contributed by atoms with Crippen molar-refractivity contribution in [1.82, 2.24) is 5.32 Å². The van der Waals surface area contributed by atoms with E-state index in [2.05, 4.69) is 26.1 Å². The van der Waals surface area contributed by atoms with Crippen LogP contribution >= 0.6 is 11.8 Å². The molecule has 0 atom stereocenters. The smallest absolute Gasteiger partial charge is 0.157 e. The number of nitrogens with one attached hydrogen (secondary N) is 1. The van der Waals surface area contributed by atoms with Crippen molar-refractivity contribution in [3.05, 3.63) is 0 Å². The highest BCUT2D eigenvalue weighted by atomic mass is 32.2. The molecule has 2 rings (SSSR count). The second-order valence-electron chi connectivity index (χ2n) is 5.46. The van der Waals surface area contributed by atoms with Crippen LogP contribution in [0.5, 0.6) is 0 Å². The van der Waals surface area contributed by atoms with E-state index in [1.807, 2.05) is 11.8 Å². The first-order valence-corrected chi connectivity index (χ1v) is 7.05. The van der Waals surface area contributed by atoms with E-state index in [0.717, 1.165) is 0 Å². The van der Waals surface area contributed by atoms with Crippen LogP contribution in [-0.4, -0.2) is 22.0 Å². The first-order chi connectivity index (χ1) is 7.05. The van der Waals surface area contributed by atoms with Gasteiger partial charge in [-0.25, -0.2) is 0 Å². The highest BCUT2D eigenvalue weighted by Gasteiger charge is 2.36. The lowest BCUT2D eigenvalue weighted by Gasteiger charge is -2.40. The Kier molecular flexibility index (Phi) is 3.02. The van der Waals surface area contributed by atoms with Crippen LogP contribution < -0.4 is 5.32 Å². The van der Waals surface area contributed by atoms with Crippen LogP contribution in [0.4, 0.5) is 0 Å². The van der Waals surface area contributed by atoms with Crippen molar-refractivity contribution in [2.75, 3.05) is 5.75 Å². The molecule has 1 saturated carbocycles. The largest absolute Gasteiger partial charge is 0.360 e. The first kappa shape index (κ1) is 11.3. The fourth-order valence-electron chi connectivity index (χ4n) is 2.20. The molecule has 1 aliphatic carbocycles. The van der Waals surface area contributed by atoms with Gasteiger partial charge in [-0.15, -0.1) is 0 Å². The standard InChI is InChI=1S/C12H22N2S/c1-4-12(6-5-7-12)14-10-13-11(2,3)8-9-15-10/h4-9H2,1-3H3,(H,13,14). The highest BCUT2D eigenvalue weighted by molar-refractivity contribution is 8.13. The molecule has 2 nitrogen and oxygen atoms in total. The molecule has 0 aromatic carbocycles. The lowest BCUT2D eigenvalue weighted by atomic mass is 9.75. The van der Waals surface area contributed by atoms with Gasteiger partial charge in [-0.2, -0.15) is 0 Å². The molecule has 0 unspecified atom stereocenters. The Labute approximate surface area is 97.3 Å². The predicted molar refractivity (Wildman–Crippen MR) is 68.6 cm³/mol. The molecule has 1 saturated heterocycles. The van der Waals surface area contributed by atoms with Crippen molar-refractivity contribution < 1.29 is 0 Å². The van der Waals surface area contributed by atoms with Crippen LogP contribution in [-0.2, 0) is 0 Å². The van der Waals surface area contributed by atoms with Crippen molar-refractivity contribution in [3.63, 3.8) is 0 Å². The van der Waals surface area contributed by atoms with Gasteiger partial charge in [0.1, 0.15) is 0 Å². The molecule has 1 heterocycles. The summed E-state index contributed by atoms with van der Waals surface area (Å²) in [5.74, 6) is 1.21. The average molecular weight is 226 g/mol. The van der Waals surface area contributed by atoms with E-state index >= 15 is 0 Å². The molecule has 3 heteroatoms. The summed E-state index contributed by atoms with van der Waals surface area (Å²) in [6, 6.07) is 0. The summed E-state index contributed by atoms with van der Waals surface area (Å²) >= 11 is 1.90. The minimum atomic E-state index is 0.239. The normalized spacial score (nSPS) is 30.7. The molecule has 0 aromatic heterocycles. The minimum Gasteiger partial charge on any atom is -0.360 e. The zero-order valence-electron chi connectivity index (χ0n) is 10.1. The van der Waals surface area contributed by atoms with Gasteiger partial charge in [-0.1, -0.05) is 18.7 Å². The molecule has 0 amide bonds. The lowest BCUT2D eigenvalue weighted by molar-refractivity contribution is 0.243. The summed E-state index contributed by atoms with van der Waals surface area (Å²) in [7, 11) is 0. The van der Waals surface area contributed by atoms with Gasteiger partial charge in [-0.3, -0.25) is 4.99 Å². The Morgan fingerprint density at radius 1 is 1.33 bits per heavy atom. The predicted octanol–water partition coefficient (Wildman–Crippen LogP) is 3.18. The van der Waals surface area contributed by atoms with Gasteiger partial charge in [0.05, 0.1) is 5.54 Å². The molecule has 0 radical (unpaired) electrons. The number of thioether (sulfide) groups is 1. The topological polar surface area (TPSA) is 24.4 Å². The van der Waals surface area contributed by atoms with Gasteiger partial charge in [0.25, 0.3) is 0 Å². The quantitative estimate of drug-likeness (QED) is 0.782. The number of nitrogens with zero attached hydrogens (tertiary/aromatic N) is 1. The summed E-state index contributed by atoms with van der Waals surface area (Å²) in [5.41, 5.74) is 0.533. The second kappa shape index (κ2) is 4.00. The maximum atomic E-state index is 4.96. The van der Waals surface area contributed by atoms with E-state index in [1.165, 1.54) is 43.0 Å². The van der Waals surface area contributed by atoms with Crippen molar-refractivity contribution in [1.29, 1.82) is 0 Å². The summed E-state index contributed by atoms with van der Waals surface area (Å²) in [6.07, 6.45) is 6.36. The van der Waals surface area contributed by atoms with E-state index in [1.54, 1.807) is 0 Å². The Morgan fingerprint density at radius 2 is 2.07 bits per heavy atom. The van der Waals surface area contributed by atoms with Crippen molar-refractivity contribution in [2.24, 2.45) is 4.99 Å². The SMILES string of the molecule is CCC1(N=C2NC(C)(C)CCS2)CCC1. The molecule has 1 aliphatic heterocycles. The van der Waals surface area contributed by atoms with E-state index in [9.17, 15) is 0 Å². The maximum Gasteiger partial charge on any atom is 0.157 e. The molecule has 2 aliphatic rings. The Bertz CT molecular complexity index is 261. The van der Waals surface area contributed by atoms with Crippen LogP contribution in [0.25, 0.3) is 0 Å². The zero-order valence-corrected chi connectivity index (χ0v) is 10.9. The summed E-state index contributed by atoms with van der Waals surface area (Å²) in [4.78, 5) is 4.96. The zero-order chi connectivity index (χ0) is 10.9. The van der Waals surface area contributed by atoms with Crippen LogP contribution in [0.2, 0.25) is 0 Å². The van der Waals surface area contributed by atoms with Crippen LogP contribution in [0.15, 0.2) is 4.99 Å². The number of hydrogen-bond acceptors (Lipinski definition) is 2. The molecule has 0 aromatic rings. The van der Waals surface area contributed by atoms with Crippen molar-refractivity contribution in [3.8, 4) is 0 Å². The first-order valence-electron chi connectivity index (χ1n) is 6.06. The highest BCUT2D eigenvalue weighted by Crippen LogP contribution is 2.39. The second-order valence-corrected chi connectivity index (χ2v) is 6.54. The van der Waals surface area contributed by atoms with Gasteiger partial charge in [0.15, 0.2) is 5.17 Å². The summed E-state index contributed by atoms with van der Waals surface area (Å²) in [5, 5.41) is 4.75. The fourth-order valence-corrected chi connectivity index (χ4v) is 3.61. The van der Waals surface area contributed by atoms with Gasteiger partial charge < -0.3 is 5.32 Å². The number of aliphatic imine (C=N–C) groups is 1. The Balaban J connectivity index is 2.06. The summed E-state index contributed by atoms with van der Waals surface area (Å²) < 4.78 is 0. The summed E-state index contributed by atoms with van der Waals surface area (Å²) in [6.45, 7) is 6.80. The minimum absolute atomic E-state index is 0.239. The van der Waals surface area contributed by atoms with E-state index in [4.69, 9.17) is 4.99 Å². The third kappa shape index (κ3) is 2.49. The number of amidine groups is 1. The third-order valence-corrected chi connectivity index (χ3v) is 4.57.